The molecule has 2 N–H and O–H groups in total. The number of nitrogens with two attached hydrogens (primary N) is 1. The van der Waals surface area contributed by atoms with Gasteiger partial charge in [0.25, 0.3) is 0 Å². The van der Waals surface area contributed by atoms with Crippen LogP contribution in [0.3, 0.4) is 0 Å². The highest BCUT2D eigenvalue weighted by molar-refractivity contribution is 5.88. The molecule has 262 valence electrons. The van der Waals surface area contributed by atoms with Crippen LogP contribution in [0.2, 0.25) is 0 Å². The summed E-state index contributed by atoms with van der Waals surface area (Å²) in [5, 5.41) is 0. The Morgan fingerprint density at radius 2 is 1.50 bits per heavy atom. The van der Waals surface area contributed by atoms with Crippen LogP contribution in [0, 0.1) is 64.1 Å². The smallest absolute Gasteiger partial charge is 0.334 e. The number of esters is 2. The molecule has 10 atom stereocenters. The molecule has 0 aromatic rings. The van der Waals surface area contributed by atoms with Crippen LogP contribution >= 0.6 is 0 Å². The third-order valence-corrected chi connectivity index (χ3v) is 14.0. The first-order chi connectivity index (χ1) is 21.8. The first-order valence-electron chi connectivity index (χ1n) is 19.2. The van der Waals surface area contributed by atoms with Crippen molar-refractivity contribution in [3.05, 3.63) is 24.3 Å². The minimum absolute atomic E-state index is 0.0353. The molecule has 4 rings (SSSR count). The quantitative estimate of drug-likeness (QED) is 0.134. The maximum Gasteiger partial charge on any atom is 0.334 e. The minimum Gasteiger partial charge on any atom is -0.462 e. The molecule has 4 aliphatic carbocycles. The van der Waals surface area contributed by atoms with E-state index in [1.807, 2.05) is 0 Å². The largest absolute Gasteiger partial charge is 0.462 e. The fourth-order valence-electron chi connectivity index (χ4n) is 11.2. The highest BCUT2D eigenvalue weighted by Crippen LogP contribution is 2.68. The zero-order valence-electron chi connectivity index (χ0n) is 30.5. The zero-order chi connectivity index (χ0) is 33.6. The van der Waals surface area contributed by atoms with Gasteiger partial charge in [0.1, 0.15) is 0 Å². The van der Waals surface area contributed by atoms with Gasteiger partial charge in [0.15, 0.2) is 0 Å². The summed E-state index contributed by atoms with van der Waals surface area (Å²) in [5.74, 6) is 6.20. The van der Waals surface area contributed by atoms with E-state index in [-0.39, 0.29) is 31.2 Å². The van der Waals surface area contributed by atoms with E-state index in [1.165, 1.54) is 83.5 Å². The molecule has 0 aromatic heterocycles. The molecule has 0 bridgehead atoms. The predicted molar refractivity (Wildman–Crippen MR) is 189 cm³/mol. The van der Waals surface area contributed by atoms with Crippen LogP contribution in [0.25, 0.3) is 0 Å². The molecule has 0 radical (unpaired) electrons. The van der Waals surface area contributed by atoms with Gasteiger partial charge in [0.05, 0.1) is 13.2 Å². The van der Waals surface area contributed by atoms with Crippen molar-refractivity contribution in [1.82, 2.24) is 0 Å². The highest BCUT2D eigenvalue weighted by atomic mass is 16.5. The first kappa shape index (κ1) is 37.2. The number of ether oxygens (including phenoxy) is 2. The lowest BCUT2D eigenvalue weighted by Gasteiger charge is -2.61. The lowest BCUT2D eigenvalue weighted by atomic mass is 9.44. The predicted octanol–water partition coefficient (Wildman–Crippen LogP) is 9.69. The van der Waals surface area contributed by atoms with Crippen LogP contribution in [0.15, 0.2) is 24.3 Å². The number of rotatable bonds is 16. The molecular formula is C41H69NO4. The number of carbonyl (C=O) groups is 2. The van der Waals surface area contributed by atoms with Crippen LogP contribution in [-0.2, 0) is 19.1 Å². The van der Waals surface area contributed by atoms with E-state index in [2.05, 4.69) is 47.8 Å². The number of hydrogen-bond donors (Lipinski definition) is 1. The molecule has 4 aliphatic rings. The van der Waals surface area contributed by atoms with Gasteiger partial charge in [-0.1, -0.05) is 79.9 Å². The Morgan fingerprint density at radius 3 is 2.17 bits per heavy atom. The molecule has 0 heterocycles. The van der Waals surface area contributed by atoms with E-state index in [9.17, 15) is 9.59 Å². The monoisotopic (exact) mass is 640 g/mol. The summed E-state index contributed by atoms with van der Waals surface area (Å²) in [6.45, 7) is 22.3. The standard InChI is InChI=1S/C41H69NO4/c1-27(2)11-9-12-29(5)35-17-18-36-34-16-15-33-23-31(19-21-40(33,7)37(34)20-22-41(35,36)8)13-10-14-32(25-45-38(43)28(3)4)26-46-39(44)30(6)24-42/h27,29,31-37H,3,6,9-26,42H2,1-2,4-5,7-8H3/t29-,31+,32?,33+,34+,35-,36+,37+,40+,41-/m1/s1. The van der Waals surface area contributed by atoms with Crippen LogP contribution in [-0.4, -0.2) is 31.7 Å². The molecule has 4 saturated carbocycles. The van der Waals surface area contributed by atoms with Crippen molar-refractivity contribution in [2.45, 2.75) is 138 Å². The van der Waals surface area contributed by atoms with Crippen molar-refractivity contribution < 1.29 is 19.1 Å². The second-order valence-electron chi connectivity index (χ2n) is 17.4. The number of hydrogen-bond acceptors (Lipinski definition) is 5. The lowest BCUT2D eigenvalue weighted by molar-refractivity contribution is -0.144. The molecule has 5 nitrogen and oxygen atoms in total. The summed E-state index contributed by atoms with van der Waals surface area (Å²) in [4.78, 5) is 24.2. The molecule has 0 amide bonds. The average Bonchev–Trinajstić information content (AvgIpc) is 3.38. The lowest BCUT2D eigenvalue weighted by Crippen LogP contribution is -2.53. The van der Waals surface area contributed by atoms with Crippen molar-refractivity contribution in [2.24, 2.45) is 69.8 Å². The van der Waals surface area contributed by atoms with Crippen molar-refractivity contribution in [3.63, 3.8) is 0 Å². The van der Waals surface area contributed by atoms with E-state index in [4.69, 9.17) is 15.2 Å². The van der Waals surface area contributed by atoms with Gasteiger partial charge in [0.2, 0.25) is 0 Å². The second kappa shape index (κ2) is 16.2. The summed E-state index contributed by atoms with van der Waals surface area (Å²) >= 11 is 0. The van der Waals surface area contributed by atoms with Gasteiger partial charge in [-0.2, -0.15) is 0 Å². The van der Waals surface area contributed by atoms with Gasteiger partial charge in [-0.3, -0.25) is 0 Å². The Bertz CT molecular complexity index is 1070. The molecule has 1 unspecified atom stereocenters. The third-order valence-electron chi connectivity index (χ3n) is 14.0. The van der Waals surface area contributed by atoms with Crippen LogP contribution in [0.5, 0.6) is 0 Å². The van der Waals surface area contributed by atoms with Crippen molar-refractivity contribution in [2.75, 3.05) is 19.8 Å². The van der Waals surface area contributed by atoms with Gasteiger partial charge in [0, 0.05) is 23.6 Å². The molecule has 0 aromatic carbocycles. The Hall–Kier alpha value is -1.62. The maximum atomic E-state index is 12.2. The van der Waals surface area contributed by atoms with Crippen molar-refractivity contribution >= 4 is 11.9 Å². The van der Waals surface area contributed by atoms with E-state index in [0.717, 1.165) is 60.2 Å². The molecule has 0 saturated heterocycles. The molecular weight excluding hydrogens is 570 g/mol. The molecule has 0 spiro atoms. The Labute approximate surface area is 282 Å². The van der Waals surface area contributed by atoms with Gasteiger partial charge >= 0.3 is 11.9 Å². The third kappa shape index (κ3) is 8.50. The molecule has 4 fully saturated rings. The van der Waals surface area contributed by atoms with Gasteiger partial charge in [-0.15, -0.1) is 0 Å². The number of fused-ring (bicyclic) bond motifs is 5. The number of carbonyl (C=O) groups excluding carboxylic acids is 2. The van der Waals surface area contributed by atoms with Crippen LogP contribution in [0.4, 0.5) is 0 Å². The SMILES string of the molecule is C=C(C)C(=O)OCC(CCC[C@H]1CC[C@@]2(C)[C@@H](CC[C@@H]3[C@@H]2CC[C@]2(C)[C@@H]([C@H](C)CCCC(C)C)CC[C@@H]32)C1)COC(=O)C(=C)CN. The van der Waals surface area contributed by atoms with Gasteiger partial charge in [-0.25, -0.2) is 9.59 Å². The van der Waals surface area contributed by atoms with Crippen LogP contribution in [0.1, 0.15) is 138 Å². The molecule has 0 aliphatic heterocycles. The second-order valence-corrected chi connectivity index (χ2v) is 17.4. The normalized spacial score (nSPS) is 35.0. The summed E-state index contributed by atoms with van der Waals surface area (Å²) < 4.78 is 10.9. The van der Waals surface area contributed by atoms with Gasteiger partial charge < -0.3 is 15.2 Å². The molecule has 5 heteroatoms. The molecule has 46 heavy (non-hydrogen) atoms. The maximum absolute atomic E-state index is 12.2. The van der Waals surface area contributed by atoms with E-state index in [0.29, 0.717) is 16.4 Å². The van der Waals surface area contributed by atoms with Crippen molar-refractivity contribution in [3.8, 4) is 0 Å². The summed E-state index contributed by atoms with van der Waals surface area (Å²) in [5.41, 5.74) is 7.28. The van der Waals surface area contributed by atoms with Crippen molar-refractivity contribution in [1.29, 1.82) is 0 Å². The fourth-order valence-corrected chi connectivity index (χ4v) is 11.2. The minimum atomic E-state index is -0.465. The van der Waals surface area contributed by atoms with E-state index in [1.54, 1.807) is 6.92 Å². The Morgan fingerprint density at radius 1 is 0.826 bits per heavy atom. The first-order valence-corrected chi connectivity index (χ1v) is 19.2. The topological polar surface area (TPSA) is 78.6 Å². The summed E-state index contributed by atoms with van der Waals surface area (Å²) in [7, 11) is 0. The van der Waals surface area contributed by atoms with E-state index >= 15 is 0 Å². The fraction of sp³-hybridized carbons (Fsp3) is 0.854. The zero-order valence-corrected chi connectivity index (χ0v) is 30.5. The Kier molecular flexibility index (Phi) is 13.1. The summed E-state index contributed by atoms with van der Waals surface area (Å²) in [6, 6.07) is 0. The van der Waals surface area contributed by atoms with E-state index < -0.39 is 11.9 Å². The summed E-state index contributed by atoms with van der Waals surface area (Å²) in [6.07, 6.45) is 20.2. The highest BCUT2D eigenvalue weighted by Gasteiger charge is 2.60. The van der Waals surface area contributed by atoms with Crippen LogP contribution < -0.4 is 5.73 Å². The Balaban J connectivity index is 1.29. The average molecular weight is 640 g/mol. The van der Waals surface area contributed by atoms with Gasteiger partial charge in [-0.05, 0) is 129 Å².